The van der Waals surface area contributed by atoms with Gasteiger partial charge in [0.15, 0.2) is 0 Å². The standard InChI is InChI=1S/C16H23FN2/c1-12(14-4-2-5-15(17)10-14)19-9-3-8-18-16(11-19)13-6-7-13/h2,4-5,10,12-13,16,18H,3,6-9,11H2,1H3. The smallest absolute Gasteiger partial charge is 0.123 e. The van der Waals surface area contributed by atoms with Gasteiger partial charge in [-0.3, -0.25) is 4.90 Å². The first-order valence-corrected chi connectivity index (χ1v) is 7.47. The molecule has 1 N–H and O–H groups in total. The Bertz CT molecular complexity index is 431. The largest absolute Gasteiger partial charge is 0.312 e. The van der Waals surface area contributed by atoms with Gasteiger partial charge in [-0.25, -0.2) is 4.39 Å². The Morgan fingerprint density at radius 3 is 2.95 bits per heavy atom. The van der Waals surface area contributed by atoms with E-state index < -0.39 is 0 Å². The zero-order valence-corrected chi connectivity index (χ0v) is 11.6. The molecule has 0 amide bonds. The van der Waals surface area contributed by atoms with Gasteiger partial charge in [-0.1, -0.05) is 12.1 Å². The summed E-state index contributed by atoms with van der Waals surface area (Å²) in [4.78, 5) is 2.51. The van der Waals surface area contributed by atoms with Crippen LogP contribution in [0.3, 0.4) is 0 Å². The highest BCUT2D eigenvalue weighted by Gasteiger charge is 2.34. The molecule has 1 aromatic rings. The fourth-order valence-electron chi connectivity index (χ4n) is 3.12. The highest BCUT2D eigenvalue weighted by molar-refractivity contribution is 5.20. The van der Waals surface area contributed by atoms with Crippen LogP contribution >= 0.6 is 0 Å². The normalized spacial score (nSPS) is 26.9. The van der Waals surface area contributed by atoms with Crippen LogP contribution in [0.2, 0.25) is 0 Å². The number of rotatable bonds is 3. The molecule has 2 fully saturated rings. The molecule has 2 aliphatic rings. The predicted octanol–water partition coefficient (Wildman–Crippen LogP) is 2.96. The van der Waals surface area contributed by atoms with Crippen molar-refractivity contribution in [1.29, 1.82) is 0 Å². The number of halogens is 1. The molecule has 104 valence electrons. The molecular formula is C16H23FN2. The van der Waals surface area contributed by atoms with Crippen molar-refractivity contribution in [3.63, 3.8) is 0 Å². The Labute approximate surface area is 115 Å². The molecule has 0 bridgehead atoms. The topological polar surface area (TPSA) is 15.3 Å². The van der Waals surface area contributed by atoms with Crippen LogP contribution < -0.4 is 5.32 Å². The molecule has 19 heavy (non-hydrogen) atoms. The molecule has 0 spiro atoms. The Morgan fingerprint density at radius 2 is 2.21 bits per heavy atom. The van der Waals surface area contributed by atoms with Gasteiger partial charge < -0.3 is 5.32 Å². The van der Waals surface area contributed by atoms with E-state index in [4.69, 9.17) is 0 Å². The van der Waals surface area contributed by atoms with E-state index in [1.54, 1.807) is 6.07 Å². The molecule has 1 saturated carbocycles. The van der Waals surface area contributed by atoms with Crippen LogP contribution in [0.15, 0.2) is 24.3 Å². The van der Waals surface area contributed by atoms with Crippen LogP contribution in [0, 0.1) is 11.7 Å². The first-order valence-electron chi connectivity index (χ1n) is 7.47. The SMILES string of the molecule is CC(c1cccc(F)c1)N1CCCNC(C2CC2)C1. The van der Waals surface area contributed by atoms with E-state index in [-0.39, 0.29) is 5.82 Å². The summed E-state index contributed by atoms with van der Waals surface area (Å²) in [5, 5.41) is 3.68. The van der Waals surface area contributed by atoms with Gasteiger partial charge in [0.1, 0.15) is 5.82 Å². The molecule has 1 aromatic carbocycles. The monoisotopic (exact) mass is 262 g/mol. The molecule has 3 rings (SSSR count). The van der Waals surface area contributed by atoms with Crippen molar-refractivity contribution >= 4 is 0 Å². The minimum Gasteiger partial charge on any atom is -0.312 e. The minimum absolute atomic E-state index is 0.129. The van der Waals surface area contributed by atoms with Gasteiger partial charge >= 0.3 is 0 Å². The lowest BCUT2D eigenvalue weighted by Gasteiger charge is -2.30. The summed E-state index contributed by atoms with van der Waals surface area (Å²) < 4.78 is 13.4. The molecule has 2 unspecified atom stereocenters. The fourth-order valence-corrected chi connectivity index (χ4v) is 3.12. The Morgan fingerprint density at radius 1 is 1.37 bits per heavy atom. The molecule has 2 atom stereocenters. The van der Waals surface area contributed by atoms with E-state index in [1.165, 1.54) is 25.3 Å². The summed E-state index contributed by atoms with van der Waals surface area (Å²) in [6, 6.07) is 7.99. The summed E-state index contributed by atoms with van der Waals surface area (Å²) in [5.74, 6) is 0.747. The van der Waals surface area contributed by atoms with Crippen LogP contribution in [-0.4, -0.2) is 30.6 Å². The van der Waals surface area contributed by atoms with Crippen LogP contribution in [0.1, 0.15) is 37.8 Å². The number of hydrogen-bond donors (Lipinski definition) is 1. The van der Waals surface area contributed by atoms with Gasteiger partial charge in [-0.2, -0.15) is 0 Å². The Balaban J connectivity index is 1.71. The number of hydrogen-bond acceptors (Lipinski definition) is 2. The van der Waals surface area contributed by atoms with E-state index in [9.17, 15) is 4.39 Å². The maximum absolute atomic E-state index is 13.4. The van der Waals surface area contributed by atoms with Crippen LogP contribution in [0.5, 0.6) is 0 Å². The third-order valence-corrected chi connectivity index (χ3v) is 4.53. The van der Waals surface area contributed by atoms with E-state index in [0.29, 0.717) is 12.1 Å². The number of nitrogens with one attached hydrogen (secondary N) is 1. The van der Waals surface area contributed by atoms with Gasteiger partial charge in [-0.15, -0.1) is 0 Å². The summed E-state index contributed by atoms with van der Waals surface area (Å²) in [6.45, 7) is 5.52. The molecule has 0 aromatic heterocycles. The maximum Gasteiger partial charge on any atom is 0.123 e. The zero-order chi connectivity index (χ0) is 13.2. The molecule has 1 heterocycles. The molecular weight excluding hydrogens is 239 g/mol. The second-order valence-electron chi connectivity index (χ2n) is 5.98. The average molecular weight is 262 g/mol. The average Bonchev–Trinajstić information content (AvgIpc) is 3.23. The van der Waals surface area contributed by atoms with Crippen molar-refractivity contribution < 1.29 is 4.39 Å². The van der Waals surface area contributed by atoms with Crippen molar-refractivity contribution in [3.05, 3.63) is 35.6 Å². The number of benzene rings is 1. The summed E-state index contributed by atoms with van der Waals surface area (Å²) >= 11 is 0. The summed E-state index contributed by atoms with van der Waals surface area (Å²) in [6.07, 6.45) is 3.93. The van der Waals surface area contributed by atoms with Crippen LogP contribution in [-0.2, 0) is 0 Å². The van der Waals surface area contributed by atoms with Gasteiger partial charge in [0.05, 0.1) is 0 Å². The van der Waals surface area contributed by atoms with Gasteiger partial charge in [-0.05, 0) is 56.3 Å². The Kier molecular flexibility index (Phi) is 3.85. The second-order valence-corrected chi connectivity index (χ2v) is 5.98. The van der Waals surface area contributed by atoms with Crippen molar-refractivity contribution in [2.75, 3.05) is 19.6 Å². The Hall–Kier alpha value is -0.930. The maximum atomic E-state index is 13.4. The van der Waals surface area contributed by atoms with Crippen molar-refractivity contribution in [3.8, 4) is 0 Å². The van der Waals surface area contributed by atoms with E-state index in [0.717, 1.165) is 31.1 Å². The van der Waals surface area contributed by atoms with Gasteiger partial charge in [0.25, 0.3) is 0 Å². The third kappa shape index (κ3) is 3.15. The molecule has 2 nitrogen and oxygen atoms in total. The molecule has 0 radical (unpaired) electrons. The van der Waals surface area contributed by atoms with Crippen molar-refractivity contribution in [1.82, 2.24) is 10.2 Å². The molecule has 1 saturated heterocycles. The minimum atomic E-state index is -0.129. The fraction of sp³-hybridized carbons (Fsp3) is 0.625. The molecule has 3 heteroatoms. The predicted molar refractivity (Wildman–Crippen MR) is 75.5 cm³/mol. The summed E-state index contributed by atoms with van der Waals surface area (Å²) in [5.41, 5.74) is 1.09. The highest BCUT2D eigenvalue weighted by atomic mass is 19.1. The van der Waals surface area contributed by atoms with Crippen LogP contribution in [0.4, 0.5) is 4.39 Å². The second kappa shape index (κ2) is 5.59. The van der Waals surface area contributed by atoms with Gasteiger partial charge in [0.2, 0.25) is 0 Å². The van der Waals surface area contributed by atoms with E-state index in [1.807, 2.05) is 12.1 Å². The van der Waals surface area contributed by atoms with Crippen molar-refractivity contribution in [2.24, 2.45) is 5.92 Å². The quantitative estimate of drug-likeness (QED) is 0.901. The van der Waals surface area contributed by atoms with Gasteiger partial charge in [0, 0.05) is 25.2 Å². The first kappa shape index (κ1) is 13.1. The third-order valence-electron chi connectivity index (χ3n) is 4.53. The zero-order valence-electron chi connectivity index (χ0n) is 11.6. The molecule has 1 aliphatic heterocycles. The lowest BCUT2D eigenvalue weighted by atomic mass is 10.1. The van der Waals surface area contributed by atoms with Crippen molar-refractivity contribution in [2.45, 2.75) is 38.3 Å². The number of nitrogens with zero attached hydrogens (tertiary/aromatic N) is 1. The van der Waals surface area contributed by atoms with Crippen LogP contribution in [0.25, 0.3) is 0 Å². The molecule has 1 aliphatic carbocycles. The first-order chi connectivity index (χ1) is 9.24. The highest BCUT2D eigenvalue weighted by Crippen LogP contribution is 2.34. The van der Waals surface area contributed by atoms with E-state index >= 15 is 0 Å². The van der Waals surface area contributed by atoms with E-state index in [2.05, 4.69) is 17.1 Å². The summed E-state index contributed by atoms with van der Waals surface area (Å²) in [7, 11) is 0. The lowest BCUT2D eigenvalue weighted by Crippen LogP contribution is -2.40. The lowest BCUT2D eigenvalue weighted by molar-refractivity contribution is 0.200.